The number of nitrogens with zero attached hydrogens (tertiary/aromatic N) is 1. The van der Waals surface area contributed by atoms with Gasteiger partial charge in [0, 0.05) is 45.1 Å². The number of aliphatic imine (C=N–C) groups is 1. The lowest BCUT2D eigenvalue weighted by Gasteiger charge is -2.25. The molecule has 0 amide bonds. The molecule has 0 aromatic heterocycles. The van der Waals surface area contributed by atoms with Gasteiger partial charge in [0.25, 0.3) is 0 Å². The van der Waals surface area contributed by atoms with Crippen LogP contribution < -0.4 is 16.0 Å². The summed E-state index contributed by atoms with van der Waals surface area (Å²) in [6.07, 6.45) is 0.977. The van der Waals surface area contributed by atoms with Crippen LogP contribution in [0.5, 0.6) is 0 Å². The first-order valence-corrected chi connectivity index (χ1v) is 8.51. The van der Waals surface area contributed by atoms with Gasteiger partial charge in [-0.05, 0) is 31.4 Å². The van der Waals surface area contributed by atoms with Gasteiger partial charge in [-0.3, -0.25) is 4.99 Å². The predicted octanol–water partition coefficient (Wildman–Crippen LogP) is 2.71. The molecule has 130 valence electrons. The lowest BCUT2D eigenvalue weighted by atomic mass is 10.0. The largest absolute Gasteiger partial charge is 0.382 e. The molecular weight excluding hydrogens is 288 g/mol. The molecule has 0 aliphatic heterocycles. The van der Waals surface area contributed by atoms with Crippen molar-refractivity contribution in [1.82, 2.24) is 10.6 Å². The monoisotopic (exact) mass is 320 g/mol. The maximum Gasteiger partial charge on any atom is 0.191 e. The zero-order valence-electron chi connectivity index (χ0n) is 14.9. The van der Waals surface area contributed by atoms with E-state index in [4.69, 9.17) is 4.74 Å². The van der Waals surface area contributed by atoms with Crippen LogP contribution in [0.25, 0.3) is 0 Å². The number of rotatable bonds is 10. The van der Waals surface area contributed by atoms with Crippen LogP contribution in [-0.2, 0) is 4.74 Å². The van der Waals surface area contributed by atoms with Crippen molar-refractivity contribution < 1.29 is 4.74 Å². The molecule has 1 atom stereocenters. The van der Waals surface area contributed by atoms with Crippen LogP contribution in [0.15, 0.2) is 35.3 Å². The zero-order valence-corrected chi connectivity index (χ0v) is 14.9. The van der Waals surface area contributed by atoms with Gasteiger partial charge in [0.15, 0.2) is 5.96 Å². The number of para-hydroxylation sites is 1. The molecule has 1 aromatic rings. The van der Waals surface area contributed by atoms with Crippen LogP contribution in [-0.4, -0.2) is 45.4 Å². The van der Waals surface area contributed by atoms with Gasteiger partial charge in [0.05, 0.1) is 0 Å². The third-order valence-electron chi connectivity index (χ3n) is 3.61. The molecule has 0 saturated carbocycles. The number of nitrogens with one attached hydrogen (secondary N) is 3. The number of hydrogen-bond donors (Lipinski definition) is 3. The van der Waals surface area contributed by atoms with E-state index in [0.29, 0.717) is 12.0 Å². The molecule has 5 heteroatoms. The minimum Gasteiger partial charge on any atom is -0.382 e. The van der Waals surface area contributed by atoms with Gasteiger partial charge in [0.1, 0.15) is 0 Å². The Hall–Kier alpha value is -1.75. The first-order chi connectivity index (χ1) is 11.2. The average Bonchev–Trinajstić information content (AvgIpc) is 2.56. The SMILES string of the molecule is CCOCCCNC(=NC)NCC(Nc1ccccc1)C(C)C. The highest BCUT2D eigenvalue weighted by molar-refractivity contribution is 5.79. The van der Waals surface area contributed by atoms with E-state index in [1.165, 1.54) is 0 Å². The molecule has 3 N–H and O–H groups in total. The lowest BCUT2D eigenvalue weighted by Crippen LogP contribution is -2.45. The summed E-state index contributed by atoms with van der Waals surface area (Å²) >= 11 is 0. The highest BCUT2D eigenvalue weighted by Gasteiger charge is 2.13. The second-order valence-corrected chi connectivity index (χ2v) is 5.79. The Bertz CT molecular complexity index is 434. The van der Waals surface area contributed by atoms with Crippen molar-refractivity contribution in [2.45, 2.75) is 33.2 Å². The van der Waals surface area contributed by atoms with Gasteiger partial charge in [-0.15, -0.1) is 0 Å². The minimum absolute atomic E-state index is 0.333. The summed E-state index contributed by atoms with van der Waals surface area (Å²) in [6, 6.07) is 10.6. The normalized spacial score (nSPS) is 13.0. The van der Waals surface area contributed by atoms with Crippen LogP contribution in [0.3, 0.4) is 0 Å². The fourth-order valence-corrected chi connectivity index (χ4v) is 2.15. The van der Waals surface area contributed by atoms with Crippen molar-refractivity contribution in [2.24, 2.45) is 10.9 Å². The van der Waals surface area contributed by atoms with E-state index in [2.05, 4.69) is 46.9 Å². The Morgan fingerprint density at radius 3 is 2.52 bits per heavy atom. The topological polar surface area (TPSA) is 57.7 Å². The zero-order chi connectivity index (χ0) is 16.9. The average molecular weight is 320 g/mol. The molecule has 0 radical (unpaired) electrons. The minimum atomic E-state index is 0.333. The van der Waals surface area contributed by atoms with Crippen molar-refractivity contribution in [2.75, 3.05) is 38.7 Å². The summed E-state index contributed by atoms with van der Waals surface area (Å²) in [5.41, 5.74) is 1.15. The van der Waals surface area contributed by atoms with E-state index in [0.717, 1.165) is 44.4 Å². The highest BCUT2D eigenvalue weighted by Crippen LogP contribution is 2.11. The Morgan fingerprint density at radius 2 is 1.91 bits per heavy atom. The van der Waals surface area contributed by atoms with Gasteiger partial charge in [-0.25, -0.2) is 0 Å². The number of benzene rings is 1. The molecule has 0 aliphatic carbocycles. The Morgan fingerprint density at radius 1 is 1.17 bits per heavy atom. The standard InChI is InChI=1S/C18H32N4O/c1-5-23-13-9-12-20-18(19-4)21-14-17(15(2)3)22-16-10-7-6-8-11-16/h6-8,10-11,15,17,22H,5,9,12-14H2,1-4H3,(H2,19,20,21). The number of hydrogen-bond acceptors (Lipinski definition) is 3. The van der Waals surface area contributed by atoms with Gasteiger partial charge >= 0.3 is 0 Å². The highest BCUT2D eigenvalue weighted by atomic mass is 16.5. The summed E-state index contributed by atoms with van der Waals surface area (Å²) in [5.74, 6) is 1.35. The number of guanidine groups is 1. The van der Waals surface area contributed by atoms with E-state index >= 15 is 0 Å². The molecule has 0 saturated heterocycles. The van der Waals surface area contributed by atoms with Gasteiger partial charge in [0.2, 0.25) is 0 Å². The summed E-state index contributed by atoms with van der Waals surface area (Å²) in [4.78, 5) is 4.27. The number of anilines is 1. The van der Waals surface area contributed by atoms with Crippen molar-refractivity contribution in [3.63, 3.8) is 0 Å². The molecule has 0 fully saturated rings. The fourth-order valence-electron chi connectivity index (χ4n) is 2.15. The third kappa shape index (κ3) is 8.45. The first-order valence-electron chi connectivity index (χ1n) is 8.51. The molecule has 1 unspecified atom stereocenters. The molecule has 0 spiro atoms. The van der Waals surface area contributed by atoms with E-state index in [9.17, 15) is 0 Å². The Labute approximate surface area is 140 Å². The van der Waals surface area contributed by atoms with Crippen molar-refractivity contribution in [3.05, 3.63) is 30.3 Å². The fraction of sp³-hybridized carbons (Fsp3) is 0.611. The Kier molecular flexibility index (Phi) is 9.87. The lowest BCUT2D eigenvalue weighted by molar-refractivity contribution is 0.145. The van der Waals surface area contributed by atoms with Crippen LogP contribution >= 0.6 is 0 Å². The maximum atomic E-state index is 5.33. The van der Waals surface area contributed by atoms with Crippen LogP contribution in [0.2, 0.25) is 0 Å². The first kappa shape index (κ1) is 19.3. The predicted molar refractivity (Wildman–Crippen MR) is 99.2 cm³/mol. The van der Waals surface area contributed by atoms with E-state index < -0.39 is 0 Å². The number of ether oxygens (including phenoxy) is 1. The molecule has 5 nitrogen and oxygen atoms in total. The third-order valence-corrected chi connectivity index (χ3v) is 3.61. The maximum absolute atomic E-state index is 5.33. The molecule has 23 heavy (non-hydrogen) atoms. The summed E-state index contributed by atoms with van der Waals surface area (Å²) in [7, 11) is 1.80. The van der Waals surface area contributed by atoms with Gasteiger partial charge in [-0.2, -0.15) is 0 Å². The smallest absolute Gasteiger partial charge is 0.191 e. The summed E-state index contributed by atoms with van der Waals surface area (Å²) < 4.78 is 5.33. The molecule has 0 heterocycles. The van der Waals surface area contributed by atoms with E-state index in [1.54, 1.807) is 7.05 Å². The van der Waals surface area contributed by atoms with Crippen molar-refractivity contribution in [3.8, 4) is 0 Å². The van der Waals surface area contributed by atoms with Crippen molar-refractivity contribution in [1.29, 1.82) is 0 Å². The quantitative estimate of drug-likeness (QED) is 0.352. The molecule has 0 bridgehead atoms. The van der Waals surface area contributed by atoms with Crippen LogP contribution in [0.4, 0.5) is 5.69 Å². The van der Waals surface area contributed by atoms with E-state index in [-0.39, 0.29) is 0 Å². The van der Waals surface area contributed by atoms with Crippen LogP contribution in [0.1, 0.15) is 27.2 Å². The molecule has 1 rings (SSSR count). The summed E-state index contributed by atoms with van der Waals surface area (Å²) in [6.45, 7) is 9.69. The molecular formula is C18H32N4O. The van der Waals surface area contributed by atoms with Crippen molar-refractivity contribution >= 4 is 11.6 Å². The summed E-state index contributed by atoms with van der Waals surface area (Å²) in [5, 5.41) is 10.3. The van der Waals surface area contributed by atoms with Crippen LogP contribution in [0, 0.1) is 5.92 Å². The second-order valence-electron chi connectivity index (χ2n) is 5.79. The van der Waals surface area contributed by atoms with Gasteiger partial charge < -0.3 is 20.7 Å². The van der Waals surface area contributed by atoms with Gasteiger partial charge in [-0.1, -0.05) is 32.0 Å². The second kappa shape index (κ2) is 11.8. The molecule has 1 aromatic carbocycles. The van der Waals surface area contributed by atoms with E-state index in [1.807, 2.05) is 25.1 Å². The Balaban J connectivity index is 2.37. The molecule has 0 aliphatic rings.